The number of hydrogen-bond donors (Lipinski definition) is 1. The van der Waals surface area contributed by atoms with Gasteiger partial charge in [-0.15, -0.1) is 0 Å². The minimum Gasteiger partial charge on any atom is -1.00 e. The van der Waals surface area contributed by atoms with Crippen LogP contribution in [0.25, 0.3) is 15.5 Å². The van der Waals surface area contributed by atoms with Crippen LogP contribution in [-0.2, 0) is 29.5 Å². The van der Waals surface area contributed by atoms with Gasteiger partial charge in [0.25, 0.3) is 0 Å². The Bertz CT molecular complexity index is 1590. The van der Waals surface area contributed by atoms with Gasteiger partial charge >= 0.3 is 19.5 Å². The number of halogens is 1. The van der Waals surface area contributed by atoms with E-state index in [1.807, 2.05) is 84.9 Å². The molecule has 0 bridgehead atoms. The molecule has 4 nitrogen and oxygen atoms in total. The summed E-state index contributed by atoms with van der Waals surface area (Å²) in [5.41, 5.74) is 10.9. The SMILES string of the molecule is Cc1ccc(C(C)C)cc1.N[C@@H](c1ccccc1)[C@@H]([N-]S(=O)(=O)c1cccc2ccccc12)c1ccccc1.[Cl-].[Ru+2]. The van der Waals surface area contributed by atoms with Gasteiger partial charge in [-0.3, -0.25) is 0 Å². The summed E-state index contributed by atoms with van der Waals surface area (Å²) >= 11 is 0. The van der Waals surface area contributed by atoms with Gasteiger partial charge in [0.05, 0.1) is 4.90 Å². The normalized spacial score (nSPS) is 12.3. The number of fused-ring (bicyclic) bond motifs is 1. The molecule has 0 saturated heterocycles. The van der Waals surface area contributed by atoms with E-state index >= 15 is 0 Å². The fourth-order valence-corrected chi connectivity index (χ4v) is 5.80. The fourth-order valence-electron chi connectivity index (χ4n) is 4.42. The maximum Gasteiger partial charge on any atom is 2.00 e. The number of benzene rings is 5. The minimum atomic E-state index is -3.94. The van der Waals surface area contributed by atoms with Gasteiger partial charge in [0.15, 0.2) is 0 Å². The molecule has 0 saturated carbocycles. The summed E-state index contributed by atoms with van der Waals surface area (Å²) in [6.45, 7) is 6.54. The Morgan fingerprint density at radius 1 is 0.634 bits per heavy atom. The van der Waals surface area contributed by atoms with Crippen LogP contribution < -0.4 is 18.1 Å². The van der Waals surface area contributed by atoms with Crippen molar-refractivity contribution >= 4 is 20.8 Å². The van der Waals surface area contributed by atoms with Gasteiger partial charge in [-0.25, -0.2) is 8.42 Å². The van der Waals surface area contributed by atoms with E-state index in [1.54, 1.807) is 18.2 Å². The molecule has 0 aliphatic heterocycles. The zero-order chi connectivity index (χ0) is 27.8. The predicted molar refractivity (Wildman–Crippen MR) is 162 cm³/mol. The van der Waals surface area contributed by atoms with Gasteiger partial charge in [-0.2, -0.15) is 0 Å². The first-order valence-electron chi connectivity index (χ1n) is 13.1. The van der Waals surface area contributed by atoms with Crippen molar-refractivity contribution in [2.24, 2.45) is 5.73 Å². The average molecular weight is 672 g/mol. The molecule has 7 heteroatoms. The number of hydrogen-bond acceptors (Lipinski definition) is 3. The Kier molecular flexibility index (Phi) is 13.4. The molecule has 5 aromatic rings. The van der Waals surface area contributed by atoms with Crippen molar-refractivity contribution in [2.45, 2.75) is 43.7 Å². The summed E-state index contributed by atoms with van der Waals surface area (Å²) in [7, 11) is -3.94. The summed E-state index contributed by atoms with van der Waals surface area (Å²) in [6.07, 6.45) is 0. The van der Waals surface area contributed by atoms with E-state index in [2.05, 4.69) is 49.8 Å². The molecule has 41 heavy (non-hydrogen) atoms. The molecule has 0 aliphatic carbocycles. The Hall–Kier alpha value is -2.86. The fraction of sp³-hybridized carbons (Fsp3) is 0.176. The number of nitrogens with zero attached hydrogens (tertiary/aromatic N) is 1. The smallest absolute Gasteiger partial charge is 1.00 e. The molecule has 0 aromatic heterocycles. The van der Waals surface area contributed by atoms with Crippen molar-refractivity contribution in [1.29, 1.82) is 0 Å². The Balaban J connectivity index is 0.000000418. The maximum absolute atomic E-state index is 13.3. The van der Waals surface area contributed by atoms with Crippen molar-refractivity contribution in [3.8, 4) is 0 Å². The predicted octanol–water partition coefficient (Wildman–Crippen LogP) is 5.46. The quantitative estimate of drug-likeness (QED) is 0.234. The van der Waals surface area contributed by atoms with Crippen LogP contribution in [0.4, 0.5) is 0 Å². The zero-order valence-corrected chi connectivity index (χ0v) is 26.6. The number of nitrogens with two attached hydrogens (primary N) is 1. The van der Waals surface area contributed by atoms with Gasteiger partial charge in [-0.1, -0.05) is 152 Å². The standard InChI is InChI=1S/C24H21N2O2S.C10H14.ClH.Ru/c25-23(19-11-3-1-4-12-19)24(20-13-5-2-6-14-20)26-29(27,28)22-17-9-15-18-10-7-8-16-21(18)22;1-8(2)10-6-4-9(3)5-7-10;;/h1-17,23-24H,25H2;4-8H,1-3H3;1H;/q-1;;;+2/p-1/t23-,24-;;;/m0.../s1. The largest absolute Gasteiger partial charge is 2.00 e. The van der Waals surface area contributed by atoms with E-state index in [1.165, 1.54) is 11.1 Å². The molecule has 0 fully saturated rings. The van der Waals surface area contributed by atoms with E-state index in [-0.39, 0.29) is 36.8 Å². The van der Waals surface area contributed by atoms with Gasteiger partial charge in [0, 0.05) is 6.04 Å². The van der Waals surface area contributed by atoms with Gasteiger partial charge in [0.1, 0.15) is 10.0 Å². The minimum absolute atomic E-state index is 0. The molecule has 5 aromatic carbocycles. The number of sulfonamides is 1. The van der Waals surface area contributed by atoms with Gasteiger partial charge < -0.3 is 22.9 Å². The molecule has 214 valence electrons. The Morgan fingerprint density at radius 2 is 1.15 bits per heavy atom. The molecular weight excluding hydrogens is 637 g/mol. The van der Waals surface area contributed by atoms with Crippen molar-refractivity contribution in [1.82, 2.24) is 0 Å². The zero-order valence-electron chi connectivity index (χ0n) is 23.3. The van der Waals surface area contributed by atoms with E-state index in [0.29, 0.717) is 11.3 Å². The van der Waals surface area contributed by atoms with Crippen molar-refractivity contribution in [3.63, 3.8) is 0 Å². The van der Waals surface area contributed by atoms with Crippen LogP contribution >= 0.6 is 0 Å². The molecule has 2 N–H and O–H groups in total. The van der Waals surface area contributed by atoms with Crippen molar-refractivity contribution in [3.05, 3.63) is 154 Å². The van der Waals surface area contributed by atoms with Gasteiger partial charge in [-0.05, 0) is 40.8 Å². The van der Waals surface area contributed by atoms with E-state index in [0.717, 1.165) is 16.5 Å². The molecular formula is C34H35ClN2O2RuS. The maximum atomic E-state index is 13.3. The van der Waals surface area contributed by atoms with Crippen LogP contribution in [0.1, 0.15) is 54.1 Å². The molecule has 0 aliphatic rings. The van der Waals surface area contributed by atoms with Crippen LogP contribution in [0.2, 0.25) is 0 Å². The summed E-state index contributed by atoms with van der Waals surface area (Å²) in [4.78, 5) is 0.191. The topological polar surface area (TPSA) is 74.3 Å². The van der Waals surface area contributed by atoms with E-state index in [4.69, 9.17) is 5.73 Å². The first kappa shape index (κ1) is 34.3. The second-order valence-corrected chi connectivity index (χ2v) is 11.5. The molecule has 0 unspecified atom stereocenters. The molecule has 2 atom stereocenters. The summed E-state index contributed by atoms with van der Waals surface area (Å²) < 4.78 is 31.0. The number of rotatable bonds is 7. The van der Waals surface area contributed by atoms with Crippen LogP contribution in [0.15, 0.2) is 132 Å². The third kappa shape index (κ3) is 9.06. The first-order chi connectivity index (χ1) is 18.8. The molecule has 0 radical (unpaired) electrons. The second-order valence-electron chi connectivity index (χ2n) is 9.92. The third-order valence-corrected chi connectivity index (χ3v) is 8.11. The van der Waals surface area contributed by atoms with Crippen LogP contribution in [-0.4, -0.2) is 8.42 Å². The molecule has 5 rings (SSSR count). The second kappa shape index (κ2) is 16.0. The van der Waals surface area contributed by atoms with Crippen molar-refractivity contribution < 1.29 is 40.3 Å². The molecule has 0 amide bonds. The van der Waals surface area contributed by atoms with Crippen LogP contribution in [0.3, 0.4) is 0 Å². The molecule has 0 spiro atoms. The number of aryl methyl sites for hydroxylation is 1. The third-order valence-electron chi connectivity index (χ3n) is 6.69. The Labute approximate surface area is 263 Å². The van der Waals surface area contributed by atoms with E-state index < -0.39 is 22.1 Å². The van der Waals surface area contributed by atoms with Gasteiger partial charge in [0.2, 0.25) is 0 Å². The van der Waals surface area contributed by atoms with E-state index in [9.17, 15) is 8.42 Å². The van der Waals surface area contributed by atoms with Crippen LogP contribution in [0.5, 0.6) is 0 Å². The summed E-state index contributed by atoms with van der Waals surface area (Å²) in [5.74, 6) is 0.653. The van der Waals surface area contributed by atoms with Crippen molar-refractivity contribution in [2.75, 3.05) is 0 Å². The Morgan fingerprint density at radius 3 is 1.73 bits per heavy atom. The monoisotopic (exact) mass is 672 g/mol. The van der Waals surface area contributed by atoms with Crippen LogP contribution in [0, 0.1) is 6.92 Å². The average Bonchev–Trinajstić information content (AvgIpc) is 2.97. The summed E-state index contributed by atoms with van der Waals surface area (Å²) in [6, 6.07) is 38.8. The first-order valence-corrected chi connectivity index (χ1v) is 14.6. The summed E-state index contributed by atoms with van der Waals surface area (Å²) in [5, 5.41) is 1.51. The molecule has 0 heterocycles.